The van der Waals surface area contributed by atoms with Crippen LogP contribution in [0.5, 0.6) is 0 Å². The molecule has 0 unspecified atom stereocenters. The molecule has 1 aromatic rings. The van der Waals surface area contributed by atoms with Crippen molar-refractivity contribution in [3.05, 3.63) is 34.9 Å². The number of carbonyl (C=O) groups excluding carboxylic acids is 1. The standard InChI is InChI=1S/C17H25NO/c1-13-12-14(8-9-15(13)17(2,3)4)16(19)18-10-6-5-7-11-18/h8-9,12H,5-7,10-11H2,1-4H3. The lowest BCUT2D eigenvalue weighted by Crippen LogP contribution is -2.35. The third-order valence-electron chi connectivity index (χ3n) is 3.92. The van der Waals surface area contributed by atoms with Crippen LogP contribution < -0.4 is 0 Å². The van der Waals surface area contributed by atoms with Gasteiger partial charge < -0.3 is 4.90 Å². The van der Waals surface area contributed by atoms with Crippen molar-refractivity contribution in [1.82, 2.24) is 4.90 Å². The Bertz CT molecular complexity index is 465. The maximum atomic E-state index is 12.4. The molecule has 0 N–H and O–H groups in total. The van der Waals surface area contributed by atoms with Crippen molar-refractivity contribution in [2.45, 2.75) is 52.4 Å². The molecule has 0 aliphatic carbocycles. The molecule has 2 nitrogen and oxygen atoms in total. The molecule has 0 aromatic heterocycles. The van der Waals surface area contributed by atoms with Crippen LogP contribution in [0.25, 0.3) is 0 Å². The molecule has 1 amide bonds. The summed E-state index contributed by atoms with van der Waals surface area (Å²) in [4.78, 5) is 14.4. The molecule has 19 heavy (non-hydrogen) atoms. The van der Waals surface area contributed by atoms with Gasteiger partial charge in [-0.15, -0.1) is 0 Å². The summed E-state index contributed by atoms with van der Waals surface area (Å²) in [7, 11) is 0. The fraction of sp³-hybridized carbons (Fsp3) is 0.588. The molecule has 0 saturated carbocycles. The van der Waals surface area contributed by atoms with Gasteiger partial charge in [-0.1, -0.05) is 26.8 Å². The van der Waals surface area contributed by atoms with Gasteiger partial charge in [-0.3, -0.25) is 4.79 Å². The van der Waals surface area contributed by atoms with E-state index in [9.17, 15) is 4.79 Å². The smallest absolute Gasteiger partial charge is 0.253 e. The van der Waals surface area contributed by atoms with Crippen LogP contribution in [0.4, 0.5) is 0 Å². The highest BCUT2D eigenvalue weighted by Gasteiger charge is 2.21. The van der Waals surface area contributed by atoms with Crippen LogP contribution in [0.3, 0.4) is 0 Å². The minimum Gasteiger partial charge on any atom is -0.339 e. The average molecular weight is 259 g/mol. The maximum Gasteiger partial charge on any atom is 0.253 e. The summed E-state index contributed by atoms with van der Waals surface area (Å²) >= 11 is 0. The van der Waals surface area contributed by atoms with Crippen molar-refractivity contribution in [2.75, 3.05) is 13.1 Å². The van der Waals surface area contributed by atoms with Crippen molar-refractivity contribution in [3.63, 3.8) is 0 Å². The summed E-state index contributed by atoms with van der Waals surface area (Å²) in [5.74, 6) is 0.197. The van der Waals surface area contributed by atoms with Crippen molar-refractivity contribution >= 4 is 5.91 Å². The van der Waals surface area contributed by atoms with Crippen molar-refractivity contribution in [1.29, 1.82) is 0 Å². The van der Waals surface area contributed by atoms with Crippen LogP contribution >= 0.6 is 0 Å². The van der Waals surface area contributed by atoms with E-state index in [1.807, 2.05) is 11.0 Å². The number of piperidine rings is 1. The predicted molar refractivity (Wildman–Crippen MR) is 79.6 cm³/mol. The molecule has 1 heterocycles. The number of hydrogen-bond donors (Lipinski definition) is 0. The second-order valence-corrected chi connectivity index (χ2v) is 6.63. The number of benzene rings is 1. The summed E-state index contributed by atoms with van der Waals surface area (Å²) in [6.45, 7) is 10.6. The van der Waals surface area contributed by atoms with E-state index >= 15 is 0 Å². The van der Waals surface area contributed by atoms with Gasteiger partial charge in [0.2, 0.25) is 0 Å². The summed E-state index contributed by atoms with van der Waals surface area (Å²) in [6, 6.07) is 6.16. The van der Waals surface area contributed by atoms with E-state index in [4.69, 9.17) is 0 Å². The molecule has 1 saturated heterocycles. The molecule has 1 aliphatic rings. The lowest BCUT2D eigenvalue weighted by Gasteiger charge is -2.27. The van der Waals surface area contributed by atoms with Gasteiger partial charge in [0.25, 0.3) is 5.91 Å². The number of rotatable bonds is 1. The number of likely N-dealkylation sites (tertiary alicyclic amines) is 1. The number of aryl methyl sites for hydroxylation is 1. The van der Waals surface area contributed by atoms with Gasteiger partial charge in [-0.2, -0.15) is 0 Å². The molecule has 0 spiro atoms. The fourth-order valence-electron chi connectivity index (χ4n) is 2.92. The zero-order valence-electron chi connectivity index (χ0n) is 12.6. The molecule has 1 fully saturated rings. The molecule has 104 valence electrons. The van der Waals surface area contributed by atoms with Gasteiger partial charge in [-0.25, -0.2) is 0 Å². The summed E-state index contributed by atoms with van der Waals surface area (Å²) in [6.07, 6.45) is 3.54. The van der Waals surface area contributed by atoms with Crippen molar-refractivity contribution in [2.24, 2.45) is 0 Å². The molecular weight excluding hydrogens is 234 g/mol. The van der Waals surface area contributed by atoms with E-state index in [0.717, 1.165) is 31.5 Å². The molecule has 1 aromatic carbocycles. The van der Waals surface area contributed by atoms with Crippen molar-refractivity contribution < 1.29 is 4.79 Å². The third kappa shape index (κ3) is 3.17. The fourth-order valence-corrected chi connectivity index (χ4v) is 2.92. The van der Waals surface area contributed by atoms with Gasteiger partial charge in [-0.05, 0) is 54.9 Å². The zero-order valence-corrected chi connectivity index (χ0v) is 12.6. The second kappa shape index (κ2) is 5.36. The van der Waals surface area contributed by atoms with Gasteiger partial charge in [0, 0.05) is 18.7 Å². The van der Waals surface area contributed by atoms with Crippen LogP contribution in [-0.2, 0) is 5.41 Å². The molecule has 0 bridgehead atoms. The summed E-state index contributed by atoms with van der Waals surface area (Å²) in [5, 5.41) is 0. The second-order valence-electron chi connectivity index (χ2n) is 6.63. The van der Waals surface area contributed by atoms with E-state index in [1.165, 1.54) is 17.5 Å². The topological polar surface area (TPSA) is 20.3 Å². The molecular formula is C17H25NO. The van der Waals surface area contributed by atoms with Crippen LogP contribution in [0.1, 0.15) is 61.5 Å². The lowest BCUT2D eigenvalue weighted by atomic mass is 9.83. The van der Waals surface area contributed by atoms with Gasteiger partial charge in [0.05, 0.1) is 0 Å². The Labute approximate surface area is 116 Å². The van der Waals surface area contributed by atoms with E-state index in [2.05, 4.69) is 39.8 Å². The van der Waals surface area contributed by atoms with E-state index in [-0.39, 0.29) is 11.3 Å². The van der Waals surface area contributed by atoms with Gasteiger partial charge in [0.15, 0.2) is 0 Å². The van der Waals surface area contributed by atoms with Gasteiger partial charge in [0.1, 0.15) is 0 Å². The maximum absolute atomic E-state index is 12.4. The van der Waals surface area contributed by atoms with Crippen LogP contribution in [-0.4, -0.2) is 23.9 Å². The van der Waals surface area contributed by atoms with Crippen LogP contribution in [0, 0.1) is 6.92 Å². The molecule has 0 radical (unpaired) electrons. The third-order valence-corrected chi connectivity index (χ3v) is 3.92. The normalized spacial score (nSPS) is 16.5. The highest BCUT2D eigenvalue weighted by molar-refractivity contribution is 5.94. The Hall–Kier alpha value is -1.31. The van der Waals surface area contributed by atoms with E-state index in [1.54, 1.807) is 0 Å². The Morgan fingerprint density at radius 3 is 2.26 bits per heavy atom. The van der Waals surface area contributed by atoms with Crippen molar-refractivity contribution in [3.8, 4) is 0 Å². The number of hydrogen-bond acceptors (Lipinski definition) is 1. The number of amides is 1. The largest absolute Gasteiger partial charge is 0.339 e. The lowest BCUT2D eigenvalue weighted by molar-refractivity contribution is 0.0724. The SMILES string of the molecule is Cc1cc(C(=O)N2CCCCC2)ccc1C(C)(C)C. The quantitative estimate of drug-likeness (QED) is 0.748. The first kappa shape index (κ1) is 14.1. The summed E-state index contributed by atoms with van der Waals surface area (Å²) < 4.78 is 0. The van der Waals surface area contributed by atoms with E-state index in [0.29, 0.717) is 0 Å². The molecule has 1 aliphatic heterocycles. The van der Waals surface area contributed by atoms with Crippen LogP contribution in [0.15, 0.2) is 18.2 Å². The Morgan fingerprint density at radius 1 is 1.11 bits per heavy atom. The monoisotopic (exact) mass is 259 g/mol. The predicted octanol–water partition coefficient (Wildman–Crippen LogP) is 3.92. The summed E-state index contributed by atoms with van der Waals surface area (Å²) in [5.41, 5.74) is 3.52. The number of nitrogens with zero attached hydrogens (tertiary/aromatic N) is 1. The minimum absolute atomic E-state index is 0.136. The first-order chi connectivity index (χ1) is 8.89. The zero-order chi connectivity index (χ0) is 14.0. The Balaban J connectivity index is 2.22. The molecule has 0 atom stereocenters. The molecule has 2 heteroatoms. The Kier molecular flexibility index (Phi) is 3.98. The average Bonchev–Trinajstić information content (AvgIpc) is 2.37. The first-order valence-electron chi connectivity index (χ1n) is 7.30. The van der Waals surface area contributed by atoms with Gasteiger partial charge >= 0.3 is 0 Å². The highest BCUT2D eigenvalue weighted by Crippen LogP contribution is 2.26. The van der Waals surface area contributed by atoms with E-state index < -0.39 is 0 Å². The number of carbonyl (C=O) groups is 1. The molecule has 2 rings (SSSR count). The Morgan fingerprint density at radius 2 is 1.74 bits per heavy atom. The van der Waals surface area contributed by atoms with Crippen LogP contribution in [0.2, 0.25) is 0 Å². The first-order valence-corrected chi connectivity index (χ1v) is 7.30. The minimum atomic E-state index is 0.136. The highest BCUT2D eigenvalue weighted by atomic mass is 16.2.